The van der Waals surface area contributed by atoms with Gasteiger partial charge in [-0.05, 0) is 19.1 Å². The fourth-order valence-corrected chi connectivity index (χ4v) is 3.57. The van der Waals surface area contributed by atoms with Crippen LogP contribution in [0.2, 0.25) is 0 Å². The molecule has 0 bridgehead atoms. The van der Waals surface area contributed by atoms with Crippen molar-refractivity contribution in [2.24, 2.45) is 10.2 Å². The third-order valence-electron chi connectivity index (χ3n) is 2.97. The van der Waals surface area contributed by atoms with Gasteiger partial charge in [0.1, 0.15) is 5.01 Å². The molecule has 3 aromatic rings. The molecule has 114 valence electrons. The Morgan fingerprint density at radius 3 is 2.70 bits per heavy atom. The van der Waals surface area contributed by atoms with E-state index < -0.39 is 6.04 Å². The molecule has 2 heterocycles. The summed E-state index contributed by atoms with van der Waals surface area (Å²) in [5.74, 6) is 0. The SMILES string of the molecule is Cc1nc(N)sc1-c1csc(C(C#N)N=Nc2ccccc2)n1. The van der Waals surface area contributed by atoms with Gasteiger partial charge in [0.2, 0.25) is 6.04 Å². The number of rotatable bonds is 4. The maximum absolute atomic E-state index is 9.33. The van der Waals surface area contributed by atoms with Crippen LogP contribution < -0.4 is 5.73 Å². The van der Waals surface area contributed by atoms with E-state index in [1.54, 1.807) is 0 Å². The zero-order valence-corrected chi connectivity index (χ0v) is 13.8. The van der Waals surface area contributed by atoms with Crippen LogP contribution in [0.5, 0.6) is 0 Å². The summed E-state index contributed by atoms with van der Waals surface area (Å²) in [5.41, 5.74) is 8.03. The van der Waals surface area contributed by atoms with Crippen LogP contribution in [-0.2, 0) is 0 Å². The molecule has 0 fully saturated rings. The number of anilines is 1. The minimum atomic E-state index is -0.723. The predicted molar refractivity (Wildman–Crippen MR) is 91.7 cm³/mol. The fraction of sp³-hybridized carbons (Fsp3) is 0.133. The zero-order chi connectivity index (χ0) is 16.2. The summed E-state index contributed by atoms with van der Waals surface area (Å²) in [4.78, 5) is 9.61. The molecule has 1 aromatic carbocycles. The van der Waals surface area contributed by atoms with E-state index in [1.807, 2.05) is 42.6 Å². The summed E-state index contributed by atoms with van der Waals surface area (Å²) in [7, 11) is 0. The molecule has 3 rings (SSSR count). The second kappa shape index (κ2) is 6.64. The first-order valence-corrected chi connectivity index (χ1v) is 8.41. The Kier molecular flexibility index (Phi) is 4.41. The van der Waals surface area contributed by atoms with E-state index in [4.69, 9.17) is 5.73 Å². The van der Waals surface area contributed by atoms with Gasteiger partial charge in [0.05, 0.1) is 28.0 Å². The lowest BCUT2D eigenvalue weighted by Crippen LogP contribution is -1.90. The molecule has 2 N–H and O–H groups in total. The predicted octanol–water partition coefficient (Wildman–Crippen LogP) is 4.51. The van der Waals surface area contributed by atoms with Crippen molar-refractivity contribution < 1.29 is 0 Å². The van der Waals surface area contributed by atoms with Crippen molar-refractivity contribution in [2.45, 2.75) is 13.0 Å². The smallest absolute Gasteiger partial charge is 0.208 e. The van der Waals surface area contributed by atoms with Gasteiger partial charge in [-0.15, -0.1) is 11.3 Å². The normalized spacial score (nSPS) is 12.3. The van der Waals surface area contributed by atoms with E-state index >= 15 is 0 Å². The lowest BCUT2D eigenvalue weighted by molar-refractivity contribution is 0.842. The third kappa shape index (κ3) is 3.41. The summed E-state index contributed by atoms with van der Waals surface area (Å²) in [6.07, 6.45) is 0. The van der Waals surface area contributed by atoms with E-state index in [2.05, 4.69) is 26.3 Å². The molecule has 0 amide bonds. The van der Waals surface area contributed by atoms with Crippen molar-refractivity contribution in [3.8, 4) is 16.6 Å². The molecule has 0 saturated carbocycles. The van der Waals surface area contributed by atoms with E-state index in [0.29, 0.717) is 15.8 Å². The van der Waals surface area contributed by atoms with Gasteiger partial charge in [-0.25, -0.2) is 9.97 Å². The first kappa shape index (κ1) is 15.3. The average molecular weight is 340 g/mol. The van der Waals surface area contributed by atoms with Crippen LogP contribution in [-0.4, -0.2) is 9.97 Å². The number of azo groups is 1. The van der Waals surface area contributed by atoms with Crippen LogP contribution in [0, 0.1) is 18.3 Å². The Hall–Kier alpha value is -2.63. The lowest BCUT2D eigenvalue weighted by Gasteiger charge is -1.97. The zero-order valence-electron chi connectivity index (χ0n) is 12.2. The molecule has 1 unspecified atom stereocenters. The van der Waals surface area contributed by atoms with Gasteiger partial charge in [-0.3, -0.25) is 0 Å². The standard InChI is InChI=1S/C15H12N6S2/c1-9-13(23-15(17)18-9)12-8-22-14(19-12)11(7-16)21-20-10-5-3-2-4-6-10/h2-6,8,11H,1H3,(H2,17,18). The lowest BCUT2D eigenvalue weighted by atomic mass is 10.3. The van der Waals surface area contributed by atoms with Gasteiger partial charge in [0, 0.05) is 5.38 Å². The second-order valence-electron chi connectivity index (χ2n) is 4.62. The highest BCUT2D eigenvalue weighted by Crippen LogP contribution is 2.34. The van der Waals surface area contributed by atoms with Crippen molar-refractivity contribution in [1.29, 1.82) is 5.26 Å². The quantitative estimate of drug-likeness (QED) is 0.706. The Morgan fingerprint density at radius 1 is 1.26 bits per heavy atom. The maximum Gasteiger partial charge on any atom is 0.208 e. The first-order valence-electron chi connectivity index (χ1n) is 6.71. The number of benzene rings is 1. The molecule has 0 aliphatic rings. The summed E-state index contributed by atoms with van der Waals surface area (Å²) < 4.78 is 0. The van der Waals surface area contributed by atoms with E-state index in [9.17, 15) is 5.26 Å². The van der Waals surface area contributed by atoms with Gasteiger partial charge in [-0.2, -0.15) is 15.5 Å². The molecule has 0 saturated heterocycles. The Bertz CT molecular complexity index is 875. The first-order chi connectivity index (χ1) is 11.2. The summed E-state index contributed by atoms with van der Waals surface area (Å²) in [6, 6.07) is 10.7. The van der Waals surface area contributed by atoms with Crippen molar-refractivity contribution in [1.82, 2.24) is 9.97 Å². The van der Waals surface area contributed by atoms with Crippen LogP contribution in [0.3, 0.4) is 0 Å². The fourth-order valence-electron chi connectivity index (χ4n) is 1.92. The largest absolute Gasteiger partial charge is 0.375 e. The van der Waals surface area contributed by atoms with Crippen LogP contribution in [0.15, 0.2) is 45.9 Å². The van der Waals surface area contributed by atoms with Gasteiger partial charge >= 0.3 is 0 Å². The topological polar surface area (TPSA) is 100 Å². The molecule has 2 aromatic heterocycles. The maximum atomic E-state index is 9.33. The van der Waals surface area contributed by atoms with Gasteiger partial charge in [0.15, 0.2) is 5.13 Å². The highest BCUT2D eigenvalue weighted by molar-refractivity contribution is 7.19. The number of aromatic nitrogens is 2. The third-order valence-corrected chi connectivity index (χ3v) is 4.88. The van der Waals surface area contributed by atoms with Crippen LogP contribution in [0.1, 0.15) is 16.7 Å². The van der Waals surface area contributed by atoms with Gasteiger partial charge < -0.3 is 5.73 Å². The Morgan fingerprint density at radius 2 is 2.04 bits per heavy atom. The molecular formula is C15H12N6S2. The van der Waals surface area contributed by atoms with E-state index in [-0.39, 0.29) is 0 Å². The van der Waals surface area contributed by atoms with Crippen molar-refractivity contribution in [3.63, 3.8) is 0 Å². The molecule has 6 nitrogen and oxygen atoms in total. The number of hydrogen-bond acceptors (Lipinski definition) is 8. The van der Waals surface area contributed by atoms with Crippen LogP contribution >= 0.6 is 22.7 Å². The van der Waals surface area contributed by atoms with Crippen molar-refractivity contribution >= 4 is 33.5 Å². The number of nitrogen functional groups attached to an aromatic ring is 1. The Balaban J connectivity index is 1.85. The van der Waals surface area contributed by atoms with Crippen LogP contribution in [0.25, 0.3) is 10.6 Å². The minimum absolute atomic E-state index is 0.507. The summed E-state index contributed by atoms with van der Waals surface area (Å²) >= 11 is 2.77. The number of hydrogen-bond donors (Lipinski definition) is 1. The molecule has 0 spiro atoms. The van der Waals surface area contributed by atoms with Crippen molar-refractivity contribution in [3.05, 3.63) is 46.4 Å². The number of thiazole rings is 2. The average Bonchev–Trinajstić information content (AvgIpc) is 3.15. The highest BCUT2D eigenvalue weighted by atomic mass is 32.1. The molecule has 1 atom stereocenters. The second-order valence-corrected chi connectivity index (χ2v) is 6.54. The number of nitrogens with two attached hydrogens (primary N) is 1. The molecule has 0 aliphatic carbocycles. The highest BCUT2D eigenvalue weighted by Gasteiger charge is 2.17. The molecule has 23 heavy (non-hydrogen) atoms. The summed E-state index contributed by atoms with van der Waals surface area (Å²) in [6.45, 7) is 1.89. The van der Waals surface area contributed by atoms with Gasteiger partial charge in [-0.1, -0.05) is 29.5 Å². The summed E-state index contributed by atoms with van der Waals surface area (Å²) in [5, 5.41) is 20.5. The number of nitriles is 1. The molecule has 8 heteroatoms. The van der Waals surface area contributed by atoms with Crippen molar-refractivity contribution in [2.75, 3.05) is 5.73 Å². The van der Waals surface area contributed by atoms with E-state index in [0.717, 1.165) is 16.3 Å². The van der Waals surface area contributed by atoms with E-state index in [1.165, 1.54) is 22.7 Å². The number of aryl methyl sites for hydroxylation is 1. The Labute approximate surface area is 141 Å². The number of nitrogens with zero attached hydrogens (tertiary/aromatic N) is 5. The minimum Gasteiger partial charge on any atom is -0.375 e. The van der Waals surface area contributed by atoms with Gasteiger partial charge in [0.25, 0.3) is 0 Å². The molecular weight excluding hydrogens is 328 g/mol. The molecule has 0 radical (unpaired) electrons. The monoisotopic (exact) mass is 340 g/mol. The molecule has 0 aliphatic heterocycles. The van der Waals surface area contributed by atoms with Crippen LogP contribution in [0.4, 0.5) is 10.8 Å².